The van der Waals surface area contributed by atoms with Crippen molar-refractivity contribution in [2.24, 2.45) is 11.7 Å². The van der Waals surface area contributed by atoms with Gasteiger partial charge >= 0.3 is 0 Å². The van der Waals surface area contributed by atoms with Gasteiger partial charge in [-0.25, -0.2) is 0 Å². The SMILES string of the molecule is CNC(=O)c1cc(N2CC(N)(C(C)C)C2)ccn1. The van der Waals surface area contributed by atoms with Crippen LogP contribution in [0.2, 0.25) is 0 Å². The van der Waals surface area contributed by atoms with Crippen LogP contribution in [-0.2, 0) is 0 Å². The molecule has 5 nitrogen and oxygen atoms in total. The standard InChI is InChI=1S/C13H20N4O/c1-9(2)13(14)7-17(8-13)10-4-5-16-11(6-10)12(18)15-3/h4-6,9H,7-8,14H2,1-3H3,(H,15,18). The van der Waals surface area contributed by atoms with Crippen molar-refractivity contribution in [2.75, 3.05) is 25.0 Å². The molecule has 1 saturated heterocycles. The van der Waals surface area contributed by atoms with Crippen molar-refractivity contribution >= 4 is 11.6 Å². The number of hydrogen-bond acceptors (Lipinski definition) is 4. The summed E-state index contributed by atoms with van der Waals surface area (Å²) in [4.78, 5) is 17.7. The van der Waals surface area contributed by atoms with Gasteiger partial charge in [0.25, 0.3) is 5.91 Å². The van der Waals surface area contributed by atoms with Crippen LogP contribution < -0.4 is 16.0 Å². The van der Waals surface area contributed by atoms with Gasteiger partial charge in [0.15, 0.2) is 0 Å². The number of hydrogen-bond donors (Lipinski definition) is 2. The van der Waals surface area contributed by atoms with Crippen LogP contribution in [0.4, 0.5) is 5.69 Å². The Morgan fingerprint density at radius 2 is 2.22 bits per heavy atom. The normalized spacial score (nSPS) is 17.5. The van der Waals surface area contributed by atoms with E-state index in [1.165, 1.54) is 0 Å². The van der Waals surface area contributed by atoms with Crippen molar-refractivity contribution in [1.82, 2.24) is 10.3 Å². The first-order valence-corrected chi connectivity index (χ1v) is 6.18. The number of aromatic nitrogens is 1. The van der Waals surface area contributed by atoms with E-state index < -0.39 is 0 Å². The average molecular weight is 248 g/mol. The van der Waals surface area contributed by atoms with Crippen molar-refractivity contribution in [3.05, 3.63) is 24.0 Å². The minimum atomic E-state index is -0.166. The van der Waals surface area contributed by atoms with E-state index in [4.69, 9.17) is 5.73 Å². The van der Waals surface area contributed by atoms with E-state index in [1.54, 1.807) is 19.3 Å². The highest BCUT2D eigenvalue weighted by Gasteiger charge is 2.42. The lowest BCUT2D eigenvalue weighted by Crippen LogP contribution is -2.70. The number of nitrogens with two attached hydrogens (primary N) is 1. The Morgan fingerprint density at radius 3 is 2.78 bits per heavy atom. The van der Waals surface area contributed by atoms with Gasteiger partial charge in [-0.2, -0.15) is 0 Å². The van der Waals surface area contributed by atoms with Crippen LogP contribution in [0.5, 0.6) is 0 Å². The molecule has 1 aliphatic heterocycles. The molecule has 98 valence electrons. The molecule has 0 spiro atoms. The summed E-state index contributed by atoms with van der Waals surface area (Å²) < 4.78 is 0. The molecule has 0 bridgehead atoms. The van der Waals surface area contributed by atoms with Crippen molar-refractivity contribution in [3.63, 3.8) is 0 Å². The Kier molecular flexibility index (Phi) is 3.26. The van der Waals surface area contributed by atoms with Gasteiger partial charge in [-0.1, -0.05) is 13.8 Å². The van der Waals surface area contributed by atoms with Crippen LogP contribution in [0.25, 0.3) is 0 Å². The van der Waals surface area contributed by atoms with Gasteiger partial charge in [-0.05, 0) is 18.1 Å². The number of carbonyl (C=O) groups is 1. The molecule has 0 unspecified atom stereocenters. The van der Waals surface area contributed by atoms with Gasteiger partial charge in [-0.15, -0.1) is 0 Å². The van der Waals surface area contributed by atoms with E-state index in [0.29, 0.717) is 11.6 Å². The van der Waals surface area contributed by atoms with Crippen LogP contribution in [-0.4, -0.2) is 36.6 Å². The Labute approximate surface area is 107 Å². The Balaban J connectivity index is 2.10. The first-order chi connectivity index (χ1) is 8.46. The van der Waals surface area contributed by atoms with Crippen molar-refractivity contribution in [2.45, 2.75) is 19.4 Å². The zero-order valence-corrected chi connectivity index (χ0v) is 11.1. The van der Waals surface area contributed by atoms with Crippen LogP contribution in [0.1, 0.15) is 24.3 Å². The fraction of sp³-hybridized carbons (Fsp3) is 0.538. The second kappa shape index (κ2) is 4.57. The highest BCUT2D eigenvalue weighted by Crippen LogP contribution is 2.30. The fourth-order valence-electron chi connectivity index (χ4n) is 2.08. The first kappa shape index (κ1) is 12.8. The molecule has 18 heavy (non-hydrogen) atoms. The number of anilines is 1. The van der Waals surface area contributed by atoms with Gasteiger partial charge < -0.3 is 16.0 Å². The molecule has 0 aromatic carbocycles. The highest BCUT2D eigenvalue weighted by atomic mass is 16.1. The van der Waals surface area contributed by atoms with E-state index in [2.05, 4.69) is 29.0 Å². The molecule has 0 radical (unpaired) electrons. The predicted octanol–water partition coefficient (Wildman–Crippen LogP) is 0.615. The van der Waals surface area contributed by atoms with Crippen LogP contribution >= 0.6 is 0 Å². The molecular formula is C13H20N4O. The zero-order valence-electron chi connectivity index (χ0n) is 11.1. The zero-order chi connectivity index (χ0) is 13.3. The molecule has 1 aromatic heterocycles. The molecule has 1 aromatic rings. The van der Waals surface area contributed by atoms with E-state index in [9.17, 15) is 4.79 Å². The smallest absolute Gasteiger partial charge is 0.269 e. The Hall–Kier alpha value is -1.62. The molecule has 0 atom stereocenters. The summed E-state index contributed by atoms with van der Waals surface area (Å²) in [5.41, 5.74) is 7.59. The Morgan fingerprint density at radius 1 is 1.56 bits per heavy atom. The summed E-state index contributed by atoms with van der Waals surface area (Å²) in [6, 6.07) is 3.71. The lowest BCUT2D eigenvalue weighted by Gasteiger charge is -2.51. The summed E-state index contributed by atoms with van der Waals surface area (Å²) >= 11 is 0. The van der Waals surface area contributed by atoms with Crippen molar-refractivity contribution < 1.29 is 4.79 Å². The van der Waals surface area contributed by atoms with Gasteiger partial charge in [0.05, 0.1) is 5.54 Å². The molecule has 2 rings (SSSR count). The summed E-state index contributed by atoms with van der Waals surface area (Å²) in [5.74, 6) is 0.286. The predicted molar refractivity (Wildman–Crippen MR) is 71.6 cm³/mol. The van der Waals surface area contributed by atoms with E-state index in [1.807, 2.05) is 6.07 Å². The van der Waals surface area contributed by atoms with E-state index in [-0.39, 0.29) is 11.4 Å². The number of amides is 1. The third-order valence-corrected chi connectivity index (χ3v) is 3.69. The Bertz CT molecular complexity index is 452. The molecule has 1 amide bonds. The monoisotopic (exact) mass is 248 g/mol. The first-order valence-electron chi connectivity index (χ1n) is 6.18. The van der Waals surface area contributed by atoms with Crippen molar-refractivity contribution in [3.8, 4) is 0 Å². The molecule has 1 fully saturated rings. The van der Waals surface area contributed by atoms with Gasteiger partial charge in [0.2, 0.25) is 0 Å². The van der Waals surface area contributed by atoms with E-state index in [0.717, 1.165) is 18.8 Å². The van der Waals surface area contributed by atoms with Crippen molar-refractivity contribution in [1.29, 1.82) is 0 Å². The molecule has 2 heterocycles. The number of carbonyl (C=O) groups excluding carboxylic acids is 1. The summed E-state index contributed by atoms with van der Waals surface area (Å²) in [7, 11) is 1.60. The van der Waals surface area contributed by atoms with Gasteiger partial charge in [0.1, 0.15) is 5.69 Å². The molecular weight excluding hydrogens is 228 g/mol. The number of nitrogens with one attached hydrogen (secondary N) is 1. The fourth-order valence-corrected chi connectivity index (χ4v) is 2.08. The lowest BCUT2D eigenvalue weighted by molar-refractivity contribution is 0.0958. The summed E-state index contributed by atoms with van der Waals surface area (Å²) in [6.07, 6.45) is 1.66. The molecule has 5 heteroatoms. The van der Waals surface area contributed by atoms with Gasteiger partial charge in [-0.3, -0.25) is 9.78 Å². The largest absolute Gasteiger partial charge is 0.368 e. The molecule has 3 N–H and O–H groups in total. The van der Waals surface area contributed by atoms with Crippen LogP contribution in [0.15, 0.2) is 18.3 Å². The minimum absolute atomic E-state index is 0.115. The van der Waals surface area contributed by atoms with Crippen LogP contribution in [0.3, 0.4) is 0 Å². The maximum atomic E-state index is 11.5. The topological polar surface area (TPSA) is 71.2 Å². The minimum Gasteiger partial charge on any atom is -0.368 e. The maximum Gasteiger partial charge on any atom is 0.269 e. The number of pyridine rings is 1. The van der Waals surface area contributed by atoms with Gasteiger partial charge in [0, 0.05) is 32.0 Å². The second-order valence-electron chi connectivity index (χ2n) is 5.22. The average Bonchev–Trinajstić information content (AvgIpc) is 2.33. The number of nitrogens with zero attached hydrogens (tertiary/aromatic N) is 2. The quantitative estimate of drug-likeness (QED) is 0.822. The second-order valence-corrected chi connectivity index (χ2v) is 5.22. The molecule has 1 aliphatic rings. The van der Waals surface area contributed by atoms with Crippen LogP contribution in [0, 0.1) is 5.92 Å². The van der Waals surface area contributed by atoms with E-state index >= 15 is 0 Å². The summed E-state index contributed by atoms with van der Waals surface area (Å²) in [6.45, 7) is 5.92. The summed E-state index contributed by atoms with van der Waals surface area (Å²) in [5, 5.41) is 2.57. The highest BCUT2D eigenvalue weighted by molar-refractivity contribution is 5.92. The molecule has 0 aliphatic carbocycles. The third-order valence-electron chi connectivity index (χ3n) is 3.69. The lowest BCUT2D eigenvalue weighted by atomic mass is 9.80. The molecule has 0 saturated carbocycles. The maximum absolute atomic E-state index is 11.5. The number of rotatable bonds is 3. The third kappa shape index (κ3) is 2.18.